The summed E-state index contributed by atoms with van der Waals surface area (Å²) in [4.78, 5) is 6.66. The zero-order valence-electron chi connectivity index (χ0n) is 8.44. The fraction of sp³-hybridized carbons (Fsp3) is 0.700. The van der Waals surface area contributed by atoms with Crippen LogP contribution in [-0.2, 0) is 6.42 Å². The molecule has 1 atom stereocenters. The van der Waals surface area contributed by atoms with E-state index in [-0.39, 0.29) is 6.61 Å². The Bertz CT molecular complexity index is 298. The third-order valence-electron chi connectivity index (χ3n) is 2.70. The Hall–Kier alpha value is -0.870. The van der Waals surface area contributed by atoms with Crippen LogP contribution in [0.25, 0.3) is 0 Å². The summed E-state index contributed by atoms with van der Waals surface area (Å²) >= 11 is 0. The number of aliphatic hydroxyl groups excluding tert-OH is 1. The number of aromatic nitrogens is 1. The first kappa shape index (κ1) is 9.68. The van der Waals surface area contributed by atoms with Gasteiger partial charge in [0.05, 0.1) is 12.3 Å². The summed E-state index contributed by atoms with van der Waals surface area (Å²) in [6, 6.07) is 0. The van der Waals surface area contributed by atoms with Crippen LogP contribution in [0.3, 0.4) is 0 Å². The molecule has 14 heavy (non-hydrogen) atoms. The maximum Gasteiger partial charge on any atom is 0.196 e. The van der Waals surface area contributed by atoms with E-state index < -0.39 is 0 Å². The van der Waals surface area contributed by atoms with Crippen molar-refractivity contribution < 1.29 is 9.52 Å². The average molecular weight is 196 g/mol. The molecule has 1 aromatic heterocycles. The topological polar surface area (TPSA) is 49.5 Å². The molecule has 78 valence electrons. The Balaban J connectivity index is 2.02. The van der Waals surface area contributed by atoms with Crippen molar-refractivity contribution in [1.29, 1.82) is 0 Å². The molecule has 0 saturated carbocycles. The Morgan fingerprint density at radius 3 is 3.21 bits per heavy atom. The Morgan fingerprint density at radius 1 is 1.71 bits per heavy atom. The molecular weight excluding hydrogens is 180 g/mol. The number of hydrogen-bond donors (Lipinski definition) is 1. The smallest absolute Gasteiger partial charge is 0.196 e. The molecule has 0 amide bonds. The largest absolute Gasteiger partial charge is 0.449 e. The van der Waals surface area contributed by atoms with Gasteiger partial charge in [0.15, 0.2) is 5.89 Å². The molecule has 1 aromatic rings. The molecule has 1 saturated heterocycles. The van der Waals surface area contributed by atoms with Crippen LogP contribution < -0.4 is 0 Å². The fourth-order valence-corrected chi connectivity index (χ4v) is 1.90. The van der Waals surface area contributed by atoms with Crippen LogP contribution in [0.1, 0.15) is 23.9 Å². The monoisotopic (exact) mass is 196 g/mol. The van der Waals surface area contributed by atoms with Crippen LogP contribution in [0, 0.1) is 0 Å². The molecule has 0 radical (unpaired) electrons. The molecule has 2 rings (SSSR count). The highest BCUT2D eigenvalue weighted by Crippen LogP contribution is 2.25. The lowest BCUT2D eigenvalue weighted by Crippen LogP contribution is -2.13. The quantitative estimate of drug-likeness (QED) is 0.770. The van der Waals surface area contributed by atoms with Gasteiger partial charge in [0.25, 0.3) is 0 Å². The summed E-state index contributed by atoms with van der Waals surface area (Å²) in [5.74, 6) is 1.16. The summed E-state index contributed by atoms with van der Waals surface area (Å²) in [5, 5.41) is 8.73. The first-order valence-corrected chi connectivity index (χ1v) is 5.03. The van der Waals surface area contributed by atoms with Crippen molar-refractivity contribution in [3.05, 3.63) is 17.8 Å². The van der Waals surface area contributed by atoms with Crippen molar-refractivity contribution in [1.82, 2.24) is 9.88 Å². The van der Waals surface area contributed by atoms with E-state index in [0.717, 1.165) is 25.2 Å². The molecule has 4 heteroatoms. The predicted molar refractivity (Wildman–Crippen MR) is 52.1 cm³/mol. The minimum atomic E-state index is 0.102. The van der Waals surface area contributed by atoms with Gasteiger partial charge in [-0.2, -0.15) is 0 Å². The first-order chi connectivity index (χ1) is 6.79. The summed E-state index contributed by atoms with van der Waals surface area (Å²) < 4.78 is 5.26. The molecule has 4 nitrogen and oxygen atoms in total. The summed E-state index contributed by atoms with van der Waals surface area (Å²) in [7, 11) is 2.12. The second-order valence-electron chi connectivity index (χ2n) is 3.89. The van der Waals surface area contributed by atoms with E-state index in [1.807, 2.05) is 0 Å². The van der Waals surface area contributed by atoms with Crippen LogP contribution in [0.15, 0.2) is 10.7 Å². The van der Waals surface area contributed by atoms with E-state index in [0.29, 0.717) is 18.2 Å². The number of nitrogens with zero attached hydrogens (tertiary/aromatic N) is 2. The van der Waals surface area contributed by atoms with Crippen molar-refractivity contribution in [2.24, 2.45) is 0 Å². The van der Waals surface area contributed by atoms with Crippen LogP contribution >= 0.6 is 0 Å². The van der Waals surface area contributed by atoms with E-state index in [1.54, 1.807) is 6.26 Å². The highest BCUT2D eigenvalue weighted by atomic mass is 16.3. The second-order valence-corrected chi connectivity index (χ2v) is 3.89. The molecule has 1 aliphatic rings. The van der Waals surface area contributed by atoms with Crippen molar-refractivity contribution in [2.75, 3.05) is 26.7 Å². The highest BCUT2D eigenvalue weighted by molar-refractivity contribution is 5.07. The van der Waals surface area contributed by atoms with Crippen molar-refractivity contribution >= 4 is 0 Å². The van der Waals surface area contributed by atoms with Gasteiger partial charge in [-0.1, -0.05) is 0 Å². The number of hydrogen-bond acceptors (Lipinski definition) is 4. The highest BCUT2D eigenvalue weighted by Gasteiger charge is 2.23. The normalized spacial score (nSPS) is 23.1. The van der Waals surface area contributed by atoms with E-state index in [1.165, 1.54) is 0 Å². The molecule has 1 unspecified atom stereocenters. The third kappa shape index (κ3) is 1.96. The van der Waals surface area contributed by atoms with Gasteiger partial charge in [-0.05, 0) is 20.0 Å². The lowest BCUT2D eigenvalue weighted by Gasteiger charge is -2.06. The number of likely N-dealkylation sites (N-methyl/N-ethyl adjacent to an activating group) is 1. The molecule has 0 bridgehead atoms. The van der Waals surface area contributed by atoms with Crippen molar-refractivity contribution in [3.63, 3.8) is 0 Å². The Labute approximate surface area is 83.5 Å². The molecule has 1 N–H and O–H groups in total. The van der Waals surface area contributed by atoms with Crippen LogP contribution in [0.5, 0.6) is 0 Å². The van der Waals surface area contributed by atoms with Gasteiger partial charge in [-0.3, -0.25) is 0 Å². The minimum absolute atomic E-state index is 0.102. The maximum atomic E-state index is 8.73. The van der Waals surface area contributed by atoms with Gasteiger partial charge in [-0.25, -0.2) is 4.98 Å². The number of oxazole rings is 1. The molecule has 0 aliphatic carbocycles. The molecule has 1 aliphatic heterocycles. The van der Waals surface area contributed by atoms with Crippen molar-refractivity contribution in [2.45, 2.75) is 18.8 Å². The average Bonchev–Trinajstić information content (AvgIpc) is 2.74. The van der Waals surface area contributed by atoms with Gasteiger partial charge >= 0.3 is 0 Å². The van der Waals surface area contributed by atoms with Crippen LogP contribution in [0.2, 0.25) is 0 Å². The second kappa shape index (κ2) is 4.11. The van der Waals surface area contributed by atoms with Crippen LogP contribution in [0.4, 0.5) is 0 Å². The Kier molecular flexibility index (Phi) is 2.84. The van der Waals surface area contributed by atoms with Crippen LogP contribution in [-0.4, -0.2) is 41.7 Å². The summed E-state index contributed by atoms with van der Waals surface area (Å²) in [6.45, 7) is 2.29. The van der Waals surface area contributed by atoms with Crippen molar-refractivity contribution in [3.8, 4) is 0 Å². The zero-order chi connectivity index (χ0) is 9.97. The first-order valence-electron chi connectivity index (χ1n) is 5.03. The predicted octanol–water partition coefficient (Wildman–Crippen LogP) is 0.628. The molecule has 0 spiro atoms. The van der Waals surface area contributed by atoms with E-state index in [2.05, 4.69) is 16.9 Å². The van der Waals surface area contributed by atoms with E-state index in [9.17, 15) is 0 Å². The maximum absolute atomic E-state index is 8.73. The zero-order valence-corrected chi connectivity index (χ0v) is 8.44. The summed E-state index contributed by atoms with van der Waals surface area (Å²) in [5.41, 5.74) is 1.04. The van der Waals surface area contributed by atoms with Gasteiger partial charge < -0.3 is 14.4 Å². The van der Waals surface area contributed by atoms with Gasteiger partial charge in [0.1, 0.15) is 6.26 Å². The Morgan fingerprint density at radius 2 is 2.57 bits per heavy atom. The minimum Gasteiger partial charge on any atom is -0.449 e. The molecule has 2 heterocycles. The van der Waals surface area contributed by atoms with E-state index >= 15 is 0 Å². The SMILES string of the molecule is CN1CCC(c2coc(CCO)n2)C1. The van der Waals surface area contributed by atoms with E-state index in [4.69, 9.17) is 9.52 Å². The molecule has 1 fully saturated rings. The van der Waals surface area contributed by atoms with Gasteiger partial charge in [0, 0.05) is 18.9 Å². The summed E-state index contributed by atoms with van der Waals surface area (Å²) in [6.07, 6.45) is 3.40. The standard InChI is InChI=1S/C10H16N2O2/c1-12-4-2-8(6-12)9-7-14-10(11-9)3-5-13/h7-8,13H,2-6H2,1H3. The number of rotatable bonds is 3. The fourth-order valence-electron chi connectivity index (χ4n) is 1.90. The number of aliphatic hydroxyl groups is 1. The number of likely N-dealkylation sites (tertiary alicyclic amines) is 1. The molecule has 0 aromatic carbocycles. The lowest BCUT2D eigenvalue weighted by atomic mass is 10.1. The van der Waals surface area contributed by atoms with Gasteiger partial charge in [-0.15, -0.1) is 0 Å². The third-order valence-corrected chi connectivity index (χ3v) is 2.70. The van der Waals surface area contributed by atoms with Gasteiger partial charge in [0.2, 0.25) is 0 Å². The lowest BCUT2D eigenvalue weighted by molar-refractivity contribution is 0.285. The molecular formula is C10H16N2O2.